The molecule has 0 rings (SSSR count). The maximum atomic E-state index is 10.5. The fourth-order valence-electron chi connectivity index (χ4n) is 0.421. The normalized spacial score (nSPS) is 9.30. The number of hydrogen-bond donors (Lipinski definition) is 3. The number of carbonyl (C=O) groups is 1. The van der Waals surface area contributed by atoms with Gasteiger partial charge in [0.2, 0.25) is 5.91 Å². The second-order valence-corrected chi connectivity index (χ2v) is 2.58. The monoisotopic (exact) mass is 177 g/mol. The van der Waals surface area contributed by atoms with Crippen molar-refractivity contribution in [1.82, 2.24) is 0 Å². The number of amides is 1. The highest BCUT2D eigenvalue weighted by Gasteiger charge is 2.20. The van der Waals surface area contributed by atoms with E-state index < -0.39 is 11.8 Å². The van der Waals surface area contributed by atoms with E-state index >= 15 is 0 Å². The summed E-state index contributed by atoms with van der Waals surface area (Å²) < 4.78 is 0. The Morgan fingerprint density at radius 3 is 1.40 bits per heavy atom. The molecule has 56 valence electrons. The molecule has 6 N–H and O–H groups in total. The van der Waals surface area contributed by atoms with Gasteiger partial charge in [0.25, 0.3) is 0 Å². The Bertz CT molecular complexity index is 158. The molecule has 6 heteroatoms. The average Bonchev–Trinajstić information content (AvgIpc) is 1.59. The first-order valence-electron chi connectivity index (χ1n) is 2.34. The van der Waals surface area contributed by atoms with Gasteiger partial charge in [0.05, 0.1) is 9.98 Å². The first-order valence-corrected chi connectivity index (χ1v) is 3.16. The molecule has 0 aliphatic heterocycles. The number of rotatable bonds is 3. The van der Waals surface area contributed by atoms with Gasteiger partial charge in [-0.25, -0.2) is 0 Å². The zero-order valence-electron chi connectivity index (χ0n) is 5.03. The van der Waals surface area contributed by atoms with Gasteiger partial charge in [0.1, 0.15) is 5.92 Å². The molecule has 0 bridgehead atoms. The SMILES string of the molecule is NC(=O)C(C(N)=S)C(N)=S. The highest BCUT2D eigenvalue weighted by molar-refractivity contribution is 7.82. The summed E-state index contributed by atoms with van der Waals surface area (Å²) in [6.45, 7) is 0. The third-order valence-electron chi connectivity index (χ3n) is 0.854. The van der Waals surface area contributed by atoms with Gasteiger partial charge in [-0.05, 0) is 0 Å². The maximum absolute atomic E-state index is 10.5. The summed E-state index contributed by atoms with van der Waals surface area (Å²) in [6.07, 6.45) is 0. The summed E-state index contributed by atoms with van der Waals surface area (Å²) in [6, 6.07) is 0. The van der Waals surface area contributed by atoms with Crippen molar-refractivity contribution < 1.29 is 4.79 Å². The van der Waals surface area contributed by atoms with Crippen molar-refractivity contribution in [3.63, 3.8) is 0 Å². The molecule has 4 nitrogen and oxygen atoms in total. The van der Waals surface area contributed by atoms with E-state index in [-0.39, 0.29) is 9.98 Å². The van der Waals surface area contributed by atoms with Crippen molar-refractivity contribution in [1.29, 1.82) is 0 Å². The zero-order chi connectivity index (χ0) is 8.31. The van der Waals surface area contributed by atoms with Crippen LogP contribution >= 0.6 is 24.4 Å². The van der Waals surface area contributed by atoms with Crippen LogP contribution in [0.3, 0.4) is 0 Å². The molecular weight excluding hydrogens is 170 g/mol. The number of primary amides is 1. The van der Waals surface area contributed by atoms with Gasteiger partial charge < -0.3 is 17.2 Å². The molecular formula is C4H7N3OS2. The third kappa shape index (κ3) is 2.24. The van der Waals surface area contributed by atoms with Crippen molar-refractivity contribution in [2.24, 2.45) is 23.1 Å². The highest BCUT2D eigenvalue weighted by atomic mass is 32.1. The molecule has 1 amide bonds. The van der Waals surface area contributed by atoms with Crippen molar-refractivity contribution >= 4 is 40.3 Å². The zero-order valence-corrected chi connectivity index (χ0v) is 6.67. The number of nitrogens with two attached hydrogens (primary N) is 3. The van der Waals surface area contributed by atoms with Crippen LogP contribution < -0.4 is 17.2 Å². The smallest absolute Gasteiger partial charge is 0.234 e. The van der Waals surface area contributed by atoms with Gasteiger partial charge in [0, 0.05) is 0 Å². The van der Waals surface area contributed by atoms with E-state index in [2.05, 4.69) is 24.4 Å². The predicted molar refractivity (Wildman–Crippen MR) is 46.3 cm³/mol. The van der Waals surface area contributed by atoms with Crippen molar-refractivity contribution in [3.05, 3.63) is 0 Å². The third-order valence-corrected chi connectivity index (χ3v) is 1.32. The largest absolute Gasteiger partial charge is 0.392 e. The van der Waals surface area contributed by atoms with Crippen LogP contribution in [0.4, 0.5) is 0 Å². The molecule has 0 saturated heterocycles. The summed E-state index contributed by atoms with van der Waals surface area (Å²) in [5.41, 5.74) is 15.1. The Labute approximate surface area is 68.7 Å². The van der Waals surface area contributed by atoms with Crippen LogP contribution in [0.25, 0.3) is 0 Å². The molecule has 0 aromatic heterocycles. The van der Waals surface area contributed by atoms with Crippen LogP contribution in [-0.4, -0.2) is 15.9 Å². The predicted octanol–water partition coefficient (Wildman–Crippen LogP) is -1.34. The van der Waals surface area contributed by atoms with Gasteiger partial charge >= 0.3 is 0 Å². The van der Waals surface area contributed by atoms with E-state index in [0.717, 1.165) is 0 Å². The lowest BCUT2D eigenvalue weighted by Crippen LogP contribution is -2.42. The van der Waals surface area contributed by atoms with E-state index in [9.17, 15) is 4.79 Å². The first kappa shape index (κ1) is 9.25. The summed E-state index contributed by atoms with van der Waals surface area (Å²) in [5, 5.41) is 0. The van der Waals surface area contributed by atoms with Gasteiger partial charge in [0.15, 0.2) is 0 Å². The molecule has 0 aromatic rings. The number of carbonyl (C=O) groups excluding carboxylic acids is 1. The van der Waals surface area contributed by atoms with Crippen molar-refractivity contribution in [2.45, 2.75) is 0 Å². The quantitative estimate of drug-likeness (QED) is 0.464. The molecule has 0 radical (unpaired) electrons. The average molecular weight is 177 g/mol. The van der Waals surface area contributed by atoms with Crippen LogP contribution in [0.2, 0.25) is 0 Å². The van der Waals surface area contributed by atoms with Gasteiger partial charge in [-0.3, -0.25) is 4.79 Å². The van der Waals surface area contributed by atoms with Crippen LogP contribution in [0, 0.1) is 5.92 Å². The lowest BCUT2D eigenvalue weighted by atomic mass is 10.1. The molecule has 0 aliphatic carbocycles. The summed E-state index contributed by atoms with van der Waals surface area (Å²) in [4.78, 5) is 10.3. The van der Waals surface area contributed by atoms with E-state index in [1.807, 2.05) is 0 Å². The lowest BCUT2D eigenvalue weighted by Gasteiger charge is -2.07. The molecule has 0 fully saturated rings. The lowest BCUT2D eigenvalue weighted by molar-refractivity contribution is -0.118. The van der Waals surface area contributed by atoms with Crippen molar-refractivity contribution in [3.8, 4) is 0 Å². The number of hydrogen-bond acceptors (Lipinski definition) is 3. The Kier molecular flexibility index (Phi) is 3.17. The molecule has 0 heterocycles. The second kappa shape index (κ2) is 3.43. The van der Waals surface area contributed by atoms with E-state index in [1.165, 1.54) is 0 Å². The minimum Gasteiger partial charge on any atom is -0.392 e. The van der Waals surface area contributed by atoms with Crippen molar-refractivity contribution in [2.75, 3.05) is 0 Å². The van der Waals surface area contributed by atoms with E-state index in [1.54, 1.807) is 0 Å². The highest BCUT2D eigenvalue weighted by Crippen LogP contribution is 1.95. The van der Waals surface area contributed by atoms with Crippen LogP contribution in [-0.2, 0) is 4.79 Å². The van der Waals surface area contributed by atoms with Gasteiger partial charge in [-0.15, -0.1) is 0 Å². The second-order valence-electron chi connectivity index (χ2n) is 1.64. The molecule has 0 atom stereocenters. The molecule has 0 unspecified atom stereocenters. The fraction of sp³-hybridized carbons (Fsp3) is 0.250. The van der Waals surface area contributed by atoms with Gasteiger partial charge in [-0.2, -0.15) is 0 Å². The fourth-order valence-corrected chi connectivity index (χ4v) is 0.981. The Morgan fingerprint density at radius 2 is 1.40 bits per heavy atom. The molecule has 0 aliphatic rings. The minimum absolute atomic E-state index is 0.0833. The summed E-state index contributed by atoms with van der Waals surface area (Å²) in [5.74, 6) is -1.66. The summed E-state index contributed by atoms with van der Waals surface area (Å²) >= 11 is 8.96. The Hall–Kier alpha value is -0.750. The van der Waals surface area contributed by atoms with Crippen LogP contribution in [0.5, 0.6) is 0 Å². The first-order chi connectivity index (χ1) is 4.46. The van der Waals surface area contributed by atoms with Crippen LogP contribution in [0.1, 0.15) is 0 Å². The molecule has 10 heavy (non-hydrogen) atoms. The molecule has 0 aromatic carbocycles. The number of thiocarbonyl (C=S) groups is 2. The standard InChI is InChI=1S/C4H7N3OS2/c5-2(8)1(3(6)9)4(7)10/h1H,(H2,5,8)(H2,6,9)(H2,7,10). The molecule has 0 saturated carbocycles. The topological polar surface area (TPSA) is 95.1 Å². The van der Waals surface area contributed by atoms with Crippen LogP contribution in [0.15, 0.2) is 0 Å². The maximum Gasteiger partial charge on any atom is 0.234 e. The minimum atomic E-state index is -0.954. The van der Waals surface area contributed by atoms with E-state index in [4.69, 9.17) is 17.2 Å². The molecule has 0 spiro atoms. The Balaban J connectivity index is 4.43. The Morgan fingerprint density at radius 1 is 1.10 bits per heavy atom. The summed E-state index contributed by atoms with van der Waals surface area (Å²) in [7, 11) is 0. The van der Waals surface area contributed by atoms with Gasteiger partial charge in [-0.1, -0.05) is 24.4 Å². The van der Waals surface area contributed by atoms with E-state index in [0.29, 0.717) is 0 Å².